The van der Waals surface area contributed by atoms with Crippen molar-refractivity contribution in [1.29, 1.82) is 0 Å². The van der Waals surface area contributed by atoms with E-state index in [-0.39, 0.29) is 25.7 Å². The van der Waals surface area contributed by atoms with Crippen LogP contribution in [-0.2, 0) is 19.1 Å². The van der Waals surface area contributed by atoms with Crippen LogP contribution in [0.5, 0.6) is 0 Å². The van der Waals surface area contributed by atoms with E-state index in [1.807, 2.05) is 24.3 Å². The lowest BCUT2D eigenvalue weighted by Crippen LogP contribution is -2.48. The second kappa shape index (κ2) is 8.74. The number of hydrogen-bond donors (Lipinski definition) is 0. The van der Waals surface area contributed by atoms with E-state index in [9.17, 15) is 9.59 Å². The van der Waals surface area contributed by atoms with Gasteiger partial charge in [-0.25, -0.2) is 0 Å². The second-order valence-corrected chi connectivity index (χ2v) is 6.98. The van der Waals surface area contributed by atoms with E-state index in [0.29, 0.717) is 10.0 Å². The lowest BCUT2D eigenvalue weighted by molar-refractivity contribution is -0.166. The highest BCUT2D eigenvalue weighted by atomic mass is 35.5. The second-order valence-electron chi connectivity index (χ2n) is 6.11. The molecule has 7 heteroatoms. The number of benzene rings is 2. The molecular formula is C20H19Cl2NO4. The van der Waals surface area contributed by atoms with Crippen molar-refractivity contribution in [1.82, 2.24) is 4.90 Å². The van der Waals surface area contributed by atoms with Gasteiger partial charge in [-0.1, -0.05) is 47.5 Å². The van der Waals surface area contributed by atoms with E-state index in [2.05, 4.69) is 0 Å². The van der Waals surface area contributed by atoms with E-state index >= 15 is 0 Å². The Balaban J connectivity index is 2.00. The molecule has 3 rings (SSSR count). The zero-order valence-electron chi connectivity index (χ0n) is 14.7. The molecule has 0 aromatic heterocycles. The summed E-state index contributed by atoms with van der Waals surface area (Å²) < 4.78 is 10.9. The molecule has 1 fully saturated rings. The molecule has 27 heavy (non-hydrogen) atoms. The number of carbonyl (C=O) groups excluding carboxylic acids is 2. The van der Waals surface area contributed by atoms with Crippen molar-refractivity contribution >= 4 is 35.1 Å². The number of halogens is 2. The number of nitrogens with zero attached hydrogens (tertiary/aromatic N) is 1. The van der Waals surface area contributed by atoms with E-state index in [4.69, 9.17) is 32.7 Å². The number of esters is 1. The van der Waals surface area contributed by atoms with Crippen molar-refractivity contribution in [2.45, 2.75) is 19.1 Å². The van der Waals surface area contributed by atoms with Gasteiger partial charge in [0.25, 0.3) is 0 Å². The maximum Gasteiger partial charge on any atom is 0.325 e. The Labute approximate surface area is 167 Å². The highest BCUT2D eigenvalue weighted by Crippen LogP contribution is 2.40. The molecule has 0 radical (unpaired) electrons. The molecule has 5 nitrogen and oxygen atoms in total. The first-order chi connectivity index (χ1) is 13.0. The minimum Gasteiger partial charge on any atom is -0.465 e. The van der Waals surface area contributed by atoms with Crippen LogP contribution in [0.25, 0.3) is 0 Å². The molecule has 0 aliphatic carbocycles. The van der Waals surface area contributed by atoms with Gasteiger partial charge in [0.15, 0.2) is 0 Å². The SMILES string of the molecule is CCOC(=O)CN1C(=O)COC(c2ccc(Cl)cc2)C1c1ccc(Cl)cc1. The molecule has 0 spiro atoms. The molecule has 0 N–H and O–H groups in total. The summed E-state index contributed by atoms with van der Waals surface area (Å²) in [5, 5.41) is 1.19. The van der Waals surface area contributed by atoms with Gasteiger partial charge in [-0.2, -0.15) is 0 Å². The number of hydrogen-bond acceptors (Lipinski definition) is 4. The van der Waals surface area contributed by atoms with Crippen molar-refractivity contribution in [3.05, 3.63) is 69.7 Å². The van der Waals surface area contributed by atoms with Crippen molar-refractivity contribution in [3.63, 3.8) is 0 Å². The van der Waals surface area contributed by atoms with E-state index in [0.717, 1.165) is 11.1 Å². The fourth-order valence-electron chi connectivity index (χ4n) is 3.13. The Morgan fingerprint density at radius 3 is 2.19 bits per heavy atom. The van der Waals surface area contributed by atoms with Gasteiger partial charge in [-0.3, -0.25) is 9.59 Å². The number of amides is 1. The summed E-state index contributed by atoms with van der Waals surface area (Å²) in [7, 11) is 0. The van der Waals surface area contributed by atoms with Crippen LogP contribution in [0.2, 0.25) is 10.0 Å². The van der Waals surface area contributed by atoms with Gasteiger partial charge in [-0.15, -0.1) is 0 Å². The van der Waals surface area contributed by atoms with Gasteiger partial charge >= 0.3 is 5.97 Å². The van der Waals surface area contributed by atoms with Crippen molar-refractivity contribution in [2.75, 3.05) is 19.8 Å². The van der Waals surface area contributed by atoms with Crippen molar-refractivity contribution in [3.8, 4) is 0 Å². The van der Waals surface area contributed by atoms with Crippen LogP contribution in [0.1, 0.15) is 30.2 Å². The maximum absolute atomic E-state index is 12.6. The number of rotatable bonds is 5. The third-order valence-electron chi connectivity index (χ3n) is 4.34. The predicted molar refractivity (Wildman–Crippen MR) is 103 cm³/mol. The topological polar surface area (TPSA) is 55.8 Å². The van der Waals surface area contributed by atoms with Gasteiger partial charge in [0.05, 0.1) is 12.6 Å². The quantitative estimate of drug-likeness (QED) is 0.696. The van der Waals surface area contributed by atoms with Crippen LogP contribution in [0.15, 0.2) is 48.5 Å². The van der Waals surface area contributed by atoms with Gasteiger partial charge in [0.1, 0.15) is 19.3 Å². The van der Waals surface area contributed by atoms with Gasteiger partial charge in [0, 0.05) is 10.0 Å². The maximum atomic E-state index is 12.6. The molecule has 0 saturated carbocycles. The lowest BCUT2D eigenvalue weighted by Gasteiger charge is -2.41. The van der Waals surface area contributed by atoms with Crippen LogP contribution in [-0.4, -0.2) is 36.5 Å². The fraction of sp³-hybridized carbons (Fsp3) is 0.300. The minimum absolute atomic E-state index is 0.114. The molecule has 1 saturated heterocycles. The first-order valence-electron chi connectivity index (χ1n) is 8.57. The largest absolute Gasteiger partial charge is 0.465 e. The van der Waals surface area contributed by atoms with E-state index in [1.165, 1.54) is 4.90 Å². The summed E-state index contributed by atoms with van der Waals surface area (Å²) in [5.74, 6) is -0.727. The first kappa shape index (κ1) is 19.7. The smallest absolute Gasteiger partial charge is 0.325 e. The molecule has 142 valence electrons. The molecule has 1 amide bonds. The molecule has 2 aromatic rings. The highest BCUT2D eigenvalue weighted by molar-refractivity contribution is 6.30. The Bertz CT molecular complexity index is 808. The molecule has 2 unspecified atom stereocenters. The summed E-state index contributed by atoms with van der Waals surface area (Å²) in [6, 6.07) is 13.9. The van der Waals surface area contributed by atoms with Crippen molar-refractivity contribution in [2.24, 2.45) is 0 Å². The Morgan fingerprint density at radius 2 is 1.63 bits per heavy atom. The molecular weight excluding hydrogens is 389 g/mol. The summed E-state index contributed by atoms with van der Waals surface area (Å²) in [4.78, 5) is 26.1. The summed E-state index contributed by atoms with van der Waals surface area (Å²) >= 11 is 12.0. The standard InChI is InChI=1S/C20H19Cl2NO4/c1-2-26-18(25)11-23-17(24)12-27-20(14-5-9-16(22)10-6-14)19(23)13-3-7-15(21)8-4-13/h3-10,19-20H,2,11-12H2,1H3. The summed E-state index contributed by atoms with van der Waals surface area (Å²) in [6.45, 7) is 1.72. The zero-order valence-corrected chi connectivity index (χ0v) is 16.2. The summed E-state index contributed by atoms with van der Waals surface area (Å²) in [6.07, 6.45) is -0.449. The monoisotopic (exact) mass is 407 g/mol. The van der Waals surface area contributed by atoms with Gasteiger partial charge < -0.3 is 14.4 Å². The average Bonchev–Trinajstić information content (AvgIpc) is 2.65. The van der Waals surface area contributed by atoms with Crippen LogP contribution in [0, 0.1) is 0 Å². The third kappa shape index (κ3) is 4.61. The number of morpholine rings is 1. The minimum atomic E-state index is -0.492. The average molecular weight is 408 g/mol. The first-order valence-corrected chi connectivity index (χ1v) is 9.32. The van der Waals surface area contributed by atoms with Crippen LogP contribution >= 0.6 is 23.2 Å². The Morgan fingerprint density at radius 1 is 1.07 bits per heavy atom. The van der Waals surface area contributed by atoms with Crippen LogP contribution in [0.3, 0.4) is 0 Å². The van der Waals surface area contributed by atoms with Gasteiger partial charge in [-0.05, 0) is 42.3 Å². The molecule has 1 heterocycles. The zero-order chi connectivity index (χ0) is 19.4. The Hall–Kier alpha value is -2.08. The van der Waals surface area contributed by atoms with Gasteiger partial charge in [0.2, 0.25) is 5.91 Å². The normalized spacial score (nSPS) is 19.8. The third-order valence-corrected chi connectivity index (χ3v) is 4.85. The highest BCUT2D eigenvalue weighted by Gasteiger charge is 2.39. The fourth-order valence-corrected chi connectivity index (χ4v) is 3.38. The Kier molecular flexibility index (Phi) is 6.37. The van der Waals surface area contributed by atoms with Crippen LogP contribution in [0.4, 0.5) is 0 Å². The predicted octanol–water partition coefficient (Wildman–Crippen LogP) is 4.20. The van der Waals surface area contributed by atoms with Crippen molar-refractivity contribution < 1.29 is 19.1 Å². The number of carbonyl (C=O) groups is 2. The number of ether oxygens (including phenoxy) is 2. The molecule has 1 aliphatic heterocycles. The molecule has 1 aliphatic rings. The lowest BCUT2D eigenvalue weighted by atomic mass is 9.92. The van der Waals surface area contributed by atoms with Crippen LogP contribution < -0.4 is 0 Å². The molecule has 2 aromatic carbocycles. The summed E-state index contributed by atoms with van der Waals surface area (Å²) in [5.41, 5.74) is 1.68. The van der Waals surface area contributed by atoms with E-state index in [1.54, 1.807) is 31.2 Å². The molecule has 2 atom stereocenters. The van der Waals surface area contributed by atoms with E-state index < -0.39 is 18.1 Å². The molecule has 0 bridgehead atoms.